The van der Waals surface area contributed by atoms with E-state index in [0.29, 0.717) is 39.8 Å². The zero-order valence-corrected chi connectivity index (χ0v) is 15.3. The summed E-state index contributed by atoms with van der Waals surface area (Å²) >= 11 is 1.12. The number of amides is 1. The van der Waals surface area contributed by atoms with E-state index < -0.39 is 0 Å². The molecule has 0 unspecified atom stereocenters. The number of rotatable bonds is 4. The van der Waals surface area contributed by atoms with Crippen LogP contribution in [0.5, 0.6) is 0 Å². The Labute approximate surface area is 161 Å². The third-order valence-corrected chi connectivity index (χ3v) is 4.74. The molecule has 0 radical (unpaired) electrons. The van der Waals surface area contributed by atoms with Gasteiger partial charge in [0, 0.05) is 11.8 Å². The third-order valence-electron chi connectivity index (χ3n) is 4.19. The zero-order chi connectivity index (χ0) is 19.1. The fraction of sp³-hybridized carbons (Fsp3) is 0.118. The van der Waals surface area contributed by atoms with E-state index in [2.05, 4.69) is 34.4 Å². The highest BCUT2D eigenvalue weighted by atomic mass is 32.1. The van der Waals surface area contributed by atoms with E-state index >= 15 is 0 Å². The molecule has 0 saturated heterocycles. The molecule has 5 rings (SSSR count). The maximum absolute atomic E-state index is 12.5. The average Bonchev–Trinajstić information content (AvgIpc) is 3.44. The van der Waals surface area contributed by atoms with Crippen LogP contribution in [0.4, 0.5) is 0 Å². The van der Waals surface area contributed by atoms with Crippen molar-refractivity contribution in [3.8, 4) is 11.5 Å². The van der Waals surface area contributed by atoms with Crippen LogP contribution in [0.25, 0.3) is 28.1 Å². The van der Waals surface area contributed by atoms with Gasteiger partial charge in [-0.2, -0.15) is 13.7 Å². The van der Waals surface area contributed by atoms with Gasteiger partial charge in [-0.25, -0.2) is 0 Å². The van der Waals surface area contributed by atoms with Crippen LogP contribution in [-0.4, -0.2) is 39.4 Å². The number of carbonyl (C=O) groups is 1. The number of nitrogens with zero attached hydrogens (tertiary/aromatic N) is 7. The molecule has 1 amide bonds. The lowest BCUT2D eigenvalue weighted by Gasteiger charge is -2.05. The second-order valence-electron chi connectivity index (χ2n) is 6.03. The van der Waals surface area contributed by atoms with Gasteiger partial charge in [0.25, 0.3) is 11.8 Å². The maximum Gasteiger partial charge on any atom is 0.261 e. The minimum atomic E-state index is -0.227. The Kier molecular flexibility index (Phi) is 3.79. The van der Waals surface area contributed by atoms with Gasteiger partial charge in [0.2, 0.25) is 0 Å². The summed E-state index contributed by atoms with van der Waals surface area (Å²) in [6, 6.07) is 8.87. The van der Waals surface area contributed by atoms with Crippen molar-refractivity contribution in [3.05, 3.63) is 53.7 Å². The van der Waals surface area contributed by atoms with Gasteiger partial charge in [-0.3, -0.25) is 9.20 Å². The fourth-order valence-electron chi connectivity index (χ4n) is 2.84. The van der Waals surface area contributed by atoms with Crippen LogP contribution in [0.2, 0.25) is 0 Å². The summed E-state index contributed by atoms with van der Waals surface area (Å²) in [5.41, 5.74) is 3.23. The first-order chi connectivity index (χ1) is 13.7. The van der Waals surface area contributed by atoms with E-state index in [4.69, 9.17) is 4.52 Å². The molecule has 0 spiro atoms. The number of benzene rings is 1. The van der Waals surface area contributed by atoms with Crippen LogP contribution in [0.1, 0.15) is 22.0 Å². The van der Waals surface area contributed by atoms with Crippen LogP contribution in [-0.2, 0) is 6.54 Å². The van der Waals surface area contributed by atoms with Crippen molar-refractivity contribution in [1.82, 2.24) is 38.8 Å². The molecule has 0 fully saturated rings. The number of carbonyl (C=O) groups excluding carboxylic acids is 1. The zero-order valence-electron chi connectivity index (χ0n) is 14.5. The summed E-state index contributed by atoms with van der Waals surface area (Å²) in [7, 11) is 0. The van der Waals surface area contributed by atoms with Crippen molar-refractivity contribution in [1.29, 1.82) is 0 Å². The molecule has 1 N–H and O–H groups in total. The quantitative estimate of drug-likeness (QED) is 0.493. The summed E-state index contributed by atoms with van der Waals surface area (Å²) in [6.07, 6.45) is 1.82. The van der Waals surface area contributed by atoms with E-state index in [-0.39, 0.29) is 12.5 Å². The Hall–Kier alpha value is -3.73. The molecule has 28 heavy (non-hydrogen) atoms. The molecular formula is C17H12N8O2S. The van der Waals surface area contributed by atoms with Gasteiger partial charge >= 0.3 is 0 Å². The van der Waals surface area contributed by atoms with Crippen molar-refractivity contribution in [2.75, 3.05) is 0 Å². The van der Waals surface area contributed by atoms with Crippen molar-refractivity contribution in [2.45, 2.75) is 13.5 Å². The van der Waals surface area contributed by atoms with Gasteiger partial charge in [0.15, 0.2) is 17.3 Å². The normalized spacial score (nSPS) is 11.3. The largest absolute Gasteiger partial charge is 0.345 e. The Morgan fingerprint density at radius 3 is 2.96 bits per heavy atom. The van der Waals surface area contributed by atoms with Crippen molar-refractivity contribution in [2.24, 2.45) is 0 Å². The fourth-order valence-corrected chi connectivity index (χ4v) is 3.36. The second kappa shape index (κ2) is 6.46. The predicted molar refractivity (Wildman–Crippen MR) is 99.6 cm³/mol. The maximum atomic E-state index is 12.5. The van der Waals surface area contributed by atoms with Crippen molar-refractivity contribution in [3.63, 3.8) is 0 Å². The Morgan fingerprint density at radius 1 is 1.21 bits per heavy atom. The summed E-state index contributed by atoms with van der Waals surface area (Å²) in [4.78, 5) is 16.7. The molecule has 11 heteroatoms. The van der Waals surface area contributed by atoms with Gasteiger partial charge in [-0.05, 0) is 37.3 Å². The first kappa shape index (κ1) is 16.4. The molecule has 1 aromatic carbocycles. The first-order valence-corrected chi connectivity index (χ1v) is 9.06. The van der Waals surface area contributed by atoms with Crippen LogP contribution in [0, 0.1) is 6.92 Å². The van der Waals surface area contributed by atoms with E-state index in [1.165, 1.54) is 0 Å². The molecule has 4 aromatic heterocycles. The van der Waals surface area contributed by atoms with Crippen LogP contribution in [0.3, 0.4) is 0 Å². The van der Waals surface area contributed by atoms with Crippen LogP contribution < -0.4 is 5.32 Å². The highest BCUT2D eigenvalue weighted by Crippen LogP contribution is 2.22. The van der Waals surface area contributed by atoms with E-state index in [9.17, 15) is 4.79 Å². The molecular weight excluding hydrogens is 380 g/mol. The Morgan fingerprint density at radius 2 is 2.11 bits per heavy atom. The Bertz CT molecular complexity index is 1320. The average molecular weight is 392 g/mol. The van der Waals surface area contributed by atoms with Gasteiger partial charge in [0.05, 0.1) is 23.8 Å². The van der Waals surface area contributed by atoms with Crippen molar-refractivity contribution < 1.29 is 9.32 Å². The number of aryl methyl sites for hydroxylation is 1. The van der Waals surface area contributed by atoms with E-state index in [1.54, 1.807) is 29.5 Å². The third kappa shape index (κ3) is 2.77. The van der Waals surface area contributed by atoms with Gasteiger partial charge in [-0.1, -0.05) is 5.16 Å². The molecule has 0 bridgehead atoms. The monoisotopic (exact) mass is 392 g/mol. The smallest absolute Gasteiger partial charge is 0.261 e. The minimum Gasteiger partial charge on any atom is -0.345 e. The van der Waals surface area contributed by atoms with Crippen LogP contribution >= 0.6 is 11.7 Å². The molecule has 4 heterocycles. The van der Waals surface area contributed by atoms with E-state index in [1.807, 2.05) is 18.3 Å². The SMILES string of the molecule is Cc1noc(-c2cccn3c(CNC(=O)c4ccc5nsnc5c4)nnc23)n1. The molecule has 0 saturated carbocycles. The van der Waals surface area contributed by atoms with E-state index in [0.717, 1.165) is 17.2 Å². The first-order valence-electron chi connectivity index (χ1n) is 8.33. The van der Waals surface area contributed by atoms with Gasteiger partial charge < -0.3 is 9.84 Å². The summed E-state index contributed by atoms with van der Waals surface area (Å²) in [5.74, 6) is 1.26. The molecule has 0 aliphatic heterocycles. The van der Waals surface area contributed by atoms with Crippen molar-refractivity contribution >= 4 is 34.3 Å². The number of nitrogens with one attached hydrogen (secondary N) is 1. The molecule has 138 valence electrons. The highest BCUT2D eigenvalue weighted by Gasteiger charge is 2.16. The lowest BCUT2D eigenvalue weighted by atomic mass is 10.2. The highest BCUT2D eigenvalue weighted by molar-refractivity contribution is 7.00. The minimum absolute atomic E-state index is 0.208. The molecule has 0 aliphatic carbocycles. The number of fused-ring (bicyclic) bond motifs is 2. The summed E-state index contributed by atoms with van der Waals surface area (Å²) < 4.78 is 15.3. The molecule has 0 aliphatic rings. The summed E-state index contributed by atoms with van der Waals surface area (Å²) in [5, 5.41) is 15.1. The van der Waals surface area contributed by atoms with Gasteiger partial charge in [0.1, 0.15) is 11.0 Å². The van der Waals surface area contributed by atoms with Gasteiger partial charge in [-0.15, -0.1) is 10.2 Å². The number of hydrogen-bond donors (Lipinski definition) is 1. The van der Waals surface area contributed by atoms with Crippen LogP contribution in [0.15, 0.2) is 41.1 Å². The Balaban J connectivity index is 1.40. The number of pyridine rings is 1. The lowest BCUT2D eigenvalue weighted by Crippen LogP contribution is -2.24. The number of hydrogen-bond acceptors (Lipinski definition) is 9. The standard InChI is InChI=1S/C17H12N8O2S/c1-9-19-17(27-22-9)11-3-2-6-25-14(20-21-15(11)25)8-18-16(26)10-4-5-12-13(7-10)24-28-23-12/h2-7H,8H2,1H3,(H,18,26). The predicted octanol–water partition coefficient (Wildman–Crippen LogP) is 2.02. The topological polar surface area (TPSA) is 124 Å². The molecule has 10 nitrogen and oxygen atoms in total. The summed E-state index contributed by atoms with van der Waals surface area (Å²) in [6.45, 7) is 1.95. The molecule has 0 atom stereocenters. The lowest BCUT2D eigenvalue weighted by molar-refractivity contribution is 0.0950. The number of aromatic nitrogens is 7. The molecule has 5 aromatic rings. The second-order valence-corrected chi connectivity index (χ2v) is 6.56.